The third-order valence-corrected chi connectivity index (χ3v) is 4.78. The maximum Gasteiger partial charge on any atom is 0.226 e. The number of amides is 2. The van der Waals surface area contributed by atoms with Crippen molar-refractivity contribution in [3.05, 3.63) is 12.2 Å². The van der Waals surface area contributed by atoms with Crippen molar-refractivity contribution in [3.63, 3.8) is 0 Å². The zero-order chi connectivity index (χ0) is 17.3. The van der Waals surface area contributed by atoms with E-state index in [1.165, 1.54) is 6.33 Å². The molecule has 2 N–H and O–H groups in total. The average Bonchev–Trinajstić information content (AvgIpc) is 2.82. The number of fused-ring (bicyclic) bond motifs is 1. The van der Waals surface area contributed by atoms with Crippen molar-refractivity contribution in [2.45, 2.75) is 64.3 Å². The molecule has 0 spiro atoms. The molecule has 0 radical (unpaired) electrons. The van der Waals surface area contributed by atoms with Crippen LogP contribution < -0.4 is 5.32 Å². The van der Waals surface area contributed by atoms with Gasteiger partial charge in [0.25, 0.3) is 0 Å². The summed E-state index contributed by atoms with van der Waals surface area (Å²) in [6.07, 6.45) is 3.84. The van der Waals surface area contributed by atoms with Gasteiger partial charge in [0.1, 0.15) is 12.2 Å². The molecule has 8 nitrogen and oxygen atoms in total. The van der Waals surface area contributed by atoms with E-state index in [0.717, 1.165) is 6.42 Å². The predicted molar refractivity (Wildman–Crippen MR) is 85.6 cm³/mol. The Morgan fingerprint density at radius 2 is 2.17 bits per heavy atom. The molecule has 1 aromatic rings. The molecule has 132 valence electrons. The van der Waals surface area contributed by atoms with Crippen molar-refractivity contribution < 1.29 is 14.7 Å². The Hall–Kier alpha value is -1.96. The number of carbonyl (C=O) groups is 2. The van der Waals surface area contributed by atoms with Gasteiger partial charge in [-0.2, -0.15) is 5.10 Å². The fourth-order valence-electron chi connectivity index (χ4n) is 3.24. The SMILES string of the molecule is CC(C)NC(=O)C1CN(C(=O)CC2(O)CCC2)Cc2ncnn2C1. The van der Waals surface area contributed by atoms with E-state index in [4.69, 9.17) is 0 Å². The smallest absolute Gasteiger partial charge is 0.226 e. The molecule has 1 aliphatic heterocycles. The molecule has 0 aromatic carbocycles. The van der Waals surface area contributed by atoms with Gasteiger partial charge < -0.3 is 15.3 Å². The van der Waals surface area contributed by atoms with E-state index in [1.807, 2.05) is 13.8 Å². The molecule has 2 aliphatic rings. The fourth-order valence-corrected chi connectivity index (χ4v) is 3.24. The first-order valence-electron chi connectivity index (χ1n) is 8.53. The molecule has 24 heavy (non-hydrogen) atoms. The van der Waals surface area contributed by atoms with Gasteiger partial charge >= 0.3 is 0 Å². The summed E-state index contributed by atoms with van der Waals surface area (Å²) in [6, 6.07) is 0.0378. The van der Waals surface area contributed by atoms with Crippen LogP contribution in [-0.2, 0) is 22.7 Å². The number of aliphatic hydroxyl groups is 1. The van der Waals surface area contributed by atoms with E-state index in [1.54, 1.807) is 9.58 Å². The molecule has 1 aromatic heterocycles. The van der Waals surface area contributed by atoms with E-state index in [2.05, 4.69) is 15.4 Å². The second-order valence-electron chi connectivity index (χ2n) is 7.25. The Morgan fingerprint density at radius 3 is 2.79 bits per heavy atom. The molecule has 2 amide bonds. The molecule has 1 saturated carbocycles. The number of hydrogen-bond donors (Lipinski definition) is 2. The minimum absolute atomic E-state index is 0.0378. The van der Waals surface area contributed by atoms with Gasteiger partial charge in [-0.3, -0.25) is 9.59 Å². The predicted octanol–water partition coefficient (Wildman–Crippen LogP) is 0.0662. The van der Waals surface area contributed by atoms with Gasteiger partial charge in [0.15, 0.2) is 0 Å². The molecule has 1 fully saturated rings. The van der Waals surface area contributed by atoms with Crippen LogP contribution in [0, 0.1) is 5.92 Å². The first-order valence-corrected chi connectivity index (χ1v) is 8.53. The van der Waals surface area contributed by atoms with E-state index >= 15 is 0 Å². The van der Waals surface area contributed by atoms with Crippen molar-refractivity contribution in [1.29, 1.82) is 0 Å². The highest BCUT2D eigenvalue weighted by Gasteiger charge is 2.39. The zero-order valence-corrected chi connectivity index (χ0v) is 14.2. The number of rotatable bonds is 4. The van der Waals surface area contributed by atoms with Gasteiger partial charge in [0.05, 0.1) is 31.0 Å². The van der Waals surface area contributed by atoms with Crippen molar-refractivity contribution in [2.75, 3.05) is 6.54 Å². The van der Waals surface area contributed by atoms with Crippen LogP contribution in [0.15, 0.2) is 6.33 Å². The van der Waals surface area contributed by atoms with Crippen LogP contribution in [0.25, 0.3) is 0 Å². The normalized spacial score (nSPS) is 22.5. The highest BCUT2D eigenvalue weighted by Crippen LogP contribution is 2.35. The molecular formula is C16H25N5O3. The minimum Gasteiger partial charge on any atom is -0.389 e. The summed E-state index contributed by atoms with van der Waals surface area (Å²) in [5, 5.41) is 17.3. The van der Waals surface area contributed by atoms with Gasteiger partial charge in [0.2, 0.25) is 11.8 Å². The summed E-state index contributed by atoms with van der Waals surface area (Å²) in [6.45, 7) is 4.86. The van der Waals surface area contributed by atoms with Gasteiger partial charge in [0, 0.05) is 12.6 Å². The van der Waals surface area contributed by atoms with Crippen LogP contribution in [0.4, 0.5) is 0 Å². The van der Waals surface area contributed by atoms with Crippen LogP contribution in [0.5, 0.6) is 0 Å². The number of nitrogens with one attached hydrogen (secondary N) is 1. The summed E-state index contributed by atoms with van der Waals surface area (Å²) in [4.78, 5) is 30.9. The number of hydrogen-bond acceptors (Lipinski definition) is 5. The Balaban J connectivity index is 1.75. The molecule has 0 saturated heterocycles. The highest BCUT2D eigenvalue weighted by atomic mass is 16.3. The Kier molecular flexibility index (Phi) is 4.58. The zero-order valence-electron chi connectivity index (χ0n) is 14.2. The van der Waals surface area contributed by atoms with Crippen molar-refractivity contribution >= 4 is 11.8 Å². The summed E-state index contributed by atoms with van der Waals surface area (Å²) >= 11 is 0. The van der Waals surface area contributed by atoms with E-state index < -0.39 is 5.60 Å². The molecule has 8 heteroatoms. The molecular weight excluding hydrogens is 310 g/mol. The summed E-state index contributed by atoms with van der Waals surface area (Å²) < 4.78 is 1.69. The number of nitrogens with zero attached hydrogens (tertiary/aromatic N) is 4. The Morgan fingerprint density at radius 1 is 1.42 bits per heavy atom. The third kappa shape index (κ3) is 3.58. The molecule has 1 unspecified atom stereocenters. The van der Waals surface area contributed by atoms with Crippen LogP contribution >= 0.6 is 0 Å². The van der Waals surface area contributed by atoms with Crippen LogP contribution in [0.1, 0.15) is 45.4 Å². The van der Waals surface area contributed by atoms with Gasteiger partial charge in [-0.05, 0) is 33.1 Å². The lowest BCUT2D eigenvalue weighted by atomic mass is 9.77. The van der Waals surface area contributed by atoms with Crippen molar-refractivity contribution in [1.82, 2.24) is 25.0 Å². The quantitative estimate of drug-likeness (QED) is 0.811. The van der Waals surface area contributed by atoms with Crippen molar-refractivity contribution in [3.8, 4) is 0 Å². The maximum absolute atomic E-state index is 12.7. The minimum atomic E-state index is -0.868. The van der Waals surface area contributed by atoms with E-state index in [0.29, 0.717) is 38.3 Å². The molecule has 2 heterocycles. The van der Waals surface area contributed by atoms with Crippen LogP contribution in [0.2, 0.25) is 0 Å². The molecule has 1 atom stereocenters. The number of aromatic nitrogens is 3. The molecule has 0 bridgehead atoms. The molecule has 1 aliphatic carbocycles. The summed E-state index contributed by atoms with van der Waals surface area (Å²) in [5.41, 5.74) is -0.868. The summed E-state index contributed by atoms with van der Waals surface area (Å²) in [7, 11) is 0. The lowest BCUT2D eigenvalue weighted by Gasteiger charge is -2.37. The maximum atomic E-state index is 12.7. The standard InChI is InChI=1S/C16H25N5O3/c1-11(2)19-15(23)12-7-20(9-13-17-10-18-21(13)8-12)14(22)6-16(24)4-3-5-16/h10-12,24H,3-9H2,1-2H3,(H,19,23). The largest absolute Gasteiger partial charge is 0.389 e. The topological polar surface area (TPSA) is 100 Å². The van der Waals surface area contributed by atoms with E-state index in [-0.39, 0.29) is 30.2 Å². The average molecular weight is 335 g/mol. The first-order chi connectivity index (χ1) is 11.4. The van der Waals surface area contributed by atoms with Crippen LogP contribution in [-0.4, -0.2) is 54.8 Å². The second kappa shape index (κ2) is 6.51. The van der Waals surface area contributed by atoms with Gasteiger partial charge in [-0.25, -0.2) is 9.67 Å². The lowest BCUT2D eigenvalue weighted by Crippen LogP contribution is -2.46. The summed E-state index contributed by atoms with van der Waals surface area (Å²) in [5.74, 6) is 0.0728. The molecule has 3 rings (SSSR count). The Labute approximate surface area is 141 Å². The van der Waals surface area contributed by atoms with Gasteiger partial charge in [-0.15, -0.1) is 0 Å². The fraction of sp³-hybridized carbons (Fsp3) is 0.750. The van der Waals surface area contributed by atoms with Crippen molar-refractivity contribution in [2.24, 2.45) is 5.92 Å². The Bertz CT molecular complexity index is 623. The second-order valence-corrected chi connectivity index (χ2v) is 7.25. The third-order valence-electron chi connectivity index (χ3n) is 4.78. The monoisotopic (exact) mass is 335 g/mol. The van der Waals surface area contributed by atoms with Gasteiger partial charge in [-0.1, -0.05) is 0 Å². The lowest BCUT2D eigenvalue weighted by molar-refractivity contribution is -0.142. The van der Waals surface area contributed by atoms with E-state index in [9.17, 15) is 14.7 Å². The highest BCUT2D eigenvalue weighted by molar-refractivity contribution is 5.81. The number of carbonyl (C=O) groups excluding carboxylic acids is 2. The first kappa shape index (κ1) is 16.9. The van der Waals surface area contributed by atoms with Crippen LogP contribution in [0.3, 0.4) is 0 Å².